The Morgan fingerprint density at radius 3 is 2.59 bits per heavy atom. The fourth-order valence-electron chi connectivity index (χ4n) is 3.91. The molecule has 0 unspecified atom stereocenters. The Kier molecular flexibility index (Phi) is 7.40. The number of fused-ring (bicyclic) bond motifs is 1. The van der Waals surface area contributed by atoms with E-state index in [1.165, 1.54) is 12.3 Å². The second kappa shape index (κ2) is 10.3. The smallest absolute Gasteiger partial charge is 0.199 e. The van der Waals surface area contributed by atoms with Gasteiger partial charge < -0.3 is 9.64 Å². The summed E-state index contributed by atoms with van der Waals surface area (Å²) < 4.78 is 33.0. The van der Waals surface area contributed by atoms with Gasteiger partial charge in [-0.3, -0.25) is 0 Å². The number of nitrogens with zero attached hydrogens (tertiary/aromatic N) is 3. The first-order valence-electron chi connectivity index (χ1n) is 10.7. The average Bonchev–Trinajstić information content (AvgIpc) is 3.24. The Morgan fingerprint density at radius 1 is 1.06 bits per heavy atom. The minimum absolute atomic E-state index is 0. The van der Waals surface area contributed by atoms with Gasteiger partial charge in [0.1, 0.15) is 11.9 Å². The van der Waals surface area contributed by atoms with Crippen LogP contribution in [0.25, 0.3) is 10.2 Å². The summed E-state index contributed by atoms with van der Waals surface area (Å²) >= 11 is 7.75. The molecule has 0 spiro atoms. The summed E-state index contributed by atoms with van der Waals surface area (Å²) in [5, 5.41) is 1.78. The van der Waals surface area contributed by atoms with E-state index in [9.17, 15) is 8.42 Å². The highest BCUT2D eigenvalue weighted by atomic mass is 35.5. The molecule has 4 aromatic rings. The Balaban J connectivity index is 0.00000274. The van der Waals surface area contributed by atoms with E-state index in [0.29, 0.717) is 16.3 Å². The predicted molar refractivity (Wildman–Crippen MR) is 139 cm³/mol. The molecule has 1 saturated heterocycles. The van der Waals surface area contributed by atoms with Gasteiger partial charge in [0, 0.05) is 42.7 Å². The molecule has 1 aliphatic heterocycles. The maximum Gasteiger partial charge on any atom is 0.199 e. The van der Waals surface area contributed by atoms with Crippen LogP contribution in [0.2, 0.25) is 5.02 Å². The first-order chi connectivity index (χ1) is 16.0. The summed E-state index contributed by atoms with van der Waals surface area (Å²) in [5.41, 5.74) is 1.61. The normalized spacial score (nSPS) is 14.7. The third-order valence-electron chi connectivity index (χ3n) is 5.62. The summed E-state index contributed by atoms with van der Waals surface area (Å²) in [6.07, 6.45) is 3.17. The Labute approximate surface area is 209 Å². The SMILES string of the molecule is C.O=S(=O)(Cc1ccccc1OC1CCN(c2nc3ccc(Cl)cc3s2)CC1)c1ccccn1. The van der Waals surface area contributed by atoms with Crippen LogP contribution < -0.4 is 9.64 Å². The zero-order valence-corrected chi connectivity index (χ0v) is 20.1. The Bertz CT molecular complexity index is 1370. The van der Waals surface area contributed by atoms with Crippen LogP contribution in [-0.2, 0) is 15.6 Å². The third-order valence-corrected chi connectivity index (χ3v) is 8.50. The number of hydrogen-bond donors (Lipinski definition) is 0. The van der Waals surface area contributed by atoms with Gasteiger partial charge in [-0.05, 0) is 36.4 Å². The standard InChI is InChI=1S/C24H22ClN3O3S2.CH4/c25-18-8-9-20-22(15-18)32-24(27-20)28-13-10-19(11-14-28)31-21-6-2-1-5-17(21)16-33(29,30)23-7-3-4-12-26-23;/h1-9,12,15,19H,10-11,13-14,16H2;1H4. The number of ether oxygens (including phenoxy) is 1. The van der Waals surface area contributed by atoms with Crippen molar-refractivity contribution in [1.82, 2.24) is 9.97 Å². The van der Waals surface area contributed by atoms with Crippen LogP contribution in [0, 0.1) is 0 Å². The second-order valence-corrected chi connectivity index (χ2v) is 11.3. The van der Waals surface area contributed by atoms with Gasteiger partial charge in [0.15, 0.2) is 20.0 Å². The second-order valence-electron chi connectivity index (χ2n) is 7.95. The van der Waals surface area contributed by atoms with Gasteiger partial charge >= 0.3 is 0 Å². The molecule has 0 aliphatic carbocycles. The minimum Gasteiger partial charge on any atom is -0.490 e. The van der Waals surface area contributed by atoms with Crippen molar-refractivity contribution in [2.24, 2.45) is 0 Å². The highest BCUT2D eigenvalue weighted by Gasteiger charge is 2.25. The molecule has 0 amide bonds. The van der Waals surface area contributed by atoms with Crippen LogP contribution in [0.4, 0.5) is 5.13 Å². The van der Waals surface area contributed by atoms with Crippen molar-refractivity contribution in [3.05, 3.63) is 77.4 Å². The number of halogens is 1. The Morgan fingerprint density at radius 2 is 1.82 bits per heavy atom. The lowest BCUT2D eigenvalue weighted by Gasteiger charge is -2.32. The molecule has 2 aromatic carbocycles. The maximum absolute atomic E-state index is 12.8. The van der Waals surface area contributed by atoms with E-state index < -0.39 is 9.84 Å². The number of para-hydroxylation sites is 1. The third kappa shape index (κ3) is 5.35. The van der Waals surface area contributed by atoms with Crippen LogP contribution in [-0.4, -0.2) is 37.6 Å². The molecule has 0 bridgehead atoms. The van der Waals surface area contributed by atoms with Crippen molar-refractivity contribution in [2.45, 2.75) is 37.2 Å². The molecule has 5 rings (SSSR count). The summed E-state index contributed by atoms with van der Waals surface area (Å²) in [6, 6.07) is 18.0. The van der Waals surface area contributed by atoms with E-state index in [4.69, 9.17) is 21.3 Å². The first kappa shape index (κ1) is 24.4. The zero-order valence-electron chi connectivity index (χ0n) is 17.7. The molecule has 3 heterocycles. The monoisotopic (exact) mass is 515 g/mol. The molecule has 178 valence electrons. The van der Waals surface area contributed by atoms with Gasteiger partial charge in [-0.25, -0.2) is 18.4 Å². The highest BCUT2D eigenvalue weighted by Crippen LogP contribution is 2.33. The van der Waals surface area contributed by atoms with Gasteiger partial charge in [-0.2, -0.15) is 0 Å². The maximum atomic E-state index is 12.8. The number of benzene rings is 2. The van der Waals surface area contributed by atoms with Crippen molar-refractivity contribution in [2.75, 3.05) is 18.0 Å². The number of thiazole rings is 1. The fourth-order valence-corrected chi connectivity index (χ4v) is 6.51. The molecular formula is C25H26ClN3O3S2. The van der Waals surface area contributed by atoms with Gasteiger partial charge in [-0.1, -0.05) is 54.6 Å². The van der Waals surface area contributed by atoms with E-state index in [2.05, 4.69) is 9.88 Å². The molecular weight excluding hydrogens is 490 g/mol. The zero-order chi connectivity index (χ0) is 22.8. The summed E-state index contributed by atoms with van der Waals surface area (Å²) in [6.45, 7) is 1.65. The molecule has 34 heavy (non-hydrogen) atoms. The molecule has 2 aromatic heterocycles. The number of anilines is 1. The van der Waals surface area contributed by atoms with Gasteiger partial charge in [0.25, 0.3) is 0 Å². The van der Waals surface area contributed by atoms with E-state index in [1.807, 2.05) is 36.4 Å². The van der Waals surface area contributed by atoms with Crippen molar-refractivity contribution < 1.29 is 13.2 Å². The lowest BCUT2D eigenvalue weighted by molar-refractivity contribution is 0.169. The first-order valence-corrected chi connectivity index (χ1v) is 13.5. The van der Waals surface area contributed by atoms with Crippen molar-refractivity contribution in [3.8, 4) is 5.75 Å². The van der Waals surface area contributed by atoms with Crippen LogP contribution in [0.15, 0.2) is 71.9 Å². The van der Waals surface area contributed by atoms with E-state index >= 15 is 0 Å². The average molecular weight is 516 g/mol. The van der Waals surface area contributed by atoms with Gasteiger partial charge in [0.05, 0.1) is 16.0 Å². The van der Waals surface area contributed by atoms with Crippen LogP contribution >= 0.6 is 22.9 Å². The van der Waals surface area contributed by atoms with Crippen molar-refractivity contribution in [3.63, 3.8) is 0 Å². The summed E-state index contributed by atoms with van der Waals surface area (Å²) in [5.74, 6) is 0.470. The van der Waals surface area contributed by atoms with Crippen LogP contribution in [0.5, 0.6) is 5.75 Å². The largest absolute Gasteiger partial charge is 0.490 e. The summed E-state index contributed by atoms with van der Waals surface area (Å²) in [7, 11) is -3.55. The predicted octanol–water partition coefficient (Wildman–Crippen LogP) is 6.00. The topological polar surface area (TPSA) is 72.4 Å². The minimum atomic E-state index is -3.55. The number of pyridine rings is 1. The van der Waals surface area contributed by atoms with Gasteiger partial charge in [-0.15, -0.1) is 0 Å². The summed E-state index contributed by atoms with van der Waals surface area (Å²) in [4.78, 5) is 11.0. The molecule has 1 fully saturated rings. The molecule has 0 N–H and O–H groups in total. The highest BCUT2D eigenvalue weighted by molar-refractivity contribution is 7.90. The number of sulfone groups is 1. The molecule has 0 atom stereocenters. The van der Waals surface area contributed by atoms with Gasteiger partial charge in [0.2, 0.25) is 0 Å². The quantitative estimate of drug-likeness (QED) is 0.313. The molecule has 1 aliphatic rings. The lowest BCUT2D eigenvalue weighted by Crippen LogP contribution is -2.38. The Hall–Kier alpha value is -2.68. The number of hydrogen-bond acceptors (Lipinski definition) is 7. The fraction of sp³-hybridized carbons (Fsp3) is 0.280. The van der Waals surface area contributed by atoms with Crippen LogP contribution in [0.3, 0.4) is 0 Å². The molecule has 0 radical (unpaired) electrons. The van der Waals surface area contributed by atoms with E-state index in [0.717, 1.165) is 41.3 Å². The number of rotatable bonds is 6. The van der Waals surface area contributed by atoms with Crippen molar-refractivity contribution >= 4 is 48.1 Å². The van der Waals surface area contributed by atoms with Crippen molar-refractivity contribution in [1.29, 1.82) is 0 Å². The number of piperidine rings is 1. The molecule has 9 heteroatoms. The lowest BCUT2D eigenvalue weighted by atomic mass is 10.1. The van der Waals surface area contributed by atoms with E-state index in [-0.39, 0.29) is 24.3 Å². The number of aromatic nitrogens is 2. The molecule has 0 saturated carbocycles. The van der Waals surface area contributed by atoms with Crippen LogP contribution in [0.1, 0.15) is 25.8 Å². The van der Waals surface area contributed by atoms with E-state index in [1.54, 1.807) is 29.5 Å². The molecule has 6 nitrogen and oxygen atoms in total.